The van der Waals surface area contributed by atoms with Crippen molar-refractivity contribution in [1.82, 2.24) is 0 Å². The highest BCUT2D eigenvalue weighted by Crippen LogP contribution is 2.17. The van der Waals surface area contributed by atoms with E-state index in [0.717, 1.165) is 3.57 Å². The maximum Gasteiger partial charge on any atom is 0.394 e. The minimum Gasteiger partial charge on any atom is -0.507 e. The number of benzene rings is 1. The van der Waals surface area contributed by atoms with Crippen LogP contribution in [0.3, 0.4) is 0 Å². The van der Waals surface area contributed by atoms with Crippen LogP contribution in [0.1, 0.15) is 79.1 Å². The predicted molar refractivity (Wildman–Crippen MR) is 134 cm³/mol. The first kappa shape index (κ1) is 31.8. The number of phenols is 1. The van der Waals surface area contributed by atoms with Gasteiger partial charge in [-0.05, 0) is 60.4 Å². The minimum absolute atomic E-state index is 0.355. The van der Waals surface area contributed by atoms with Crippen molar-refractivity contribution in [3.63, 3.8) is 0 Å². The van der Waals surface area contributed by atoms with Crippen LogP contribution in [0.15, 0.2) is 24.3 Å². The Morgan fingerprint density at radius 3 is 1.27 bits per heavy atom. The normalized spacial score (nSPS) is 11.2. The maximum atomic E-state index is 8.91. The van der Waals surface area contributed by atoms with Crippen molar-refractivity contribution in [1.29, 1.82) is 0 Å². The summed E-state index contributed by atoms with van der Waals surface area (Å²) < 4.78 is 33.9. The second-order valence-corrected chi connectivity index (χ2v) is 9.61. The van der Waals surface area contributed by atoms with Crippen molar-refractivity contribution in [3.05, 3.63) is 27.8 Å². The zero-order valence-electron chi connectivity index (χ0n) is 19.2. The molecule has 0 heterocycles. The van der Waals surface area contributed by atoms with E-state index in [0.29, 0.717) is 5.75 Å². The molecule has 3 N–H and O–H groups in total. The molecule has 0 atom stereocenters. The molecule has 0 aliphatic carbocycles. The largest absolute Gasteiger partial charge is 0.507 e. The zero-order valence-corrected chi connectivity index (χ0v) is 22.2. The molecule has 0 radical (unpaired) electrons. The molecule has 8 heteroatoms. The molecule has 0 amide bonds. The standard InChI is InChI=1S/C16H36N.C6H5IO.H2O4S/c1-5-9-13-17(14-10-6-2,15-11-7-3)16-12-8-4;7-5-3-1-2-4-6(5)8;1-5(2,3)4/h5-16H2,1-4H3;1-4,8H;(H2,1,2,3,4)/q+1;;. The number of nitrogens with zero attached hydrogens (tertiary/aromatic N) is 1. The number of phenolic OH excluding ortho intramolecular Hbond substituents is 1. The Hall–Kier alpha value is -0.420. The number of quaternary nitrogens is 1. The molecule has 30 heavy (non-hydrogen) atoms. The van der Waals surface area contributed by atoms with E-state index in [4.69, 9.17) is 22.6 Å². The quantitative estimate of drug-likeness (QED) is 0.157. The molecule has 0 aromatic heterocycles. The van der Waals surface area contributed by atoms with Crippen LogP contribution < -0.4 is 0 Å². The molecule has 178 valence electrons. The molecule has 6 nitrogen and oxygen atoms in total. The molecule has 0 aliphatic rings. The van der Waals surface area contributed by atoms with Gasteiger partial charge in [0.1, 0.15) is 5.75 Å². The first-order valence-electron chi connectivity index (χ1n) is 11.0. The van der Waals surface area contributed by atoms with Gasteiger partial charge >= 0.3 is 10.4 Å². The van der Waals surface area contributed by atoms with E-state index >= 15 is 0 Å². The monoisotopic (exact) mass is 560 g/mol. The minimum atomic E-state index is -4.67. The fourth-order valence-electron chi connectivity index (χ4n) is 3.10. The SMILES string of the molecule is CCCC[N+](CCCC)(CCCC)CCCC.O=S(=O)(O)O.Oc1ccccc1I. The fourth-order valence-corrected chi connectivity index (χ4v) is 3.48. The van der Waals surface area contributed by atoms with Crippen LogP contribution in [0.4, 0.5) is 0 Å². The highest BCUT2D eigenvalue weighted by atomic mass is 127. The van der Waals surface area contributed by atoms with Gasteiger partial charge in [0.25, 0.3) is 0 Å². The second-order valence-electron chi connectivity index (χ2n) is 7.55. The Labute approximate surface area is 198 Å². The molecular formula is C22H43INO5S+. The van der Waals surface area contributed by atoms with Crippen LogP contribution in [-0.2, 0) is 10.4 Å². The van der Waals surface area contributed by atoms with Gasteiger partial charge in [-0.25, -0.2) is 0 Å². The molecule has 0 saturated carbocycles. The van der Waals surface area contributed by atoms with E-state index in [-0.39, 0.29) is 0 Å². The number of unbranched alkanes of at least 4 members (excludes halogenated alkanes) is 4. The lowest BCUT2D eigenvalue weighted by Gasteiger charge is -2.39. The van der Waals surface area contributed by atoms with Crippen molar-refractivity contribution < 1.29 is 27.1 Å². The summed E-state index contributed by atoms with van der Waals surface area (Å²) >= 11 is 2.07. The smallest absolute Gasteiger partial charge is 0.394 e. The van der Waals surface area contributed by atoms with Crippen molar-refractivity contribution >= 4 is 33.0 Å². The first-order valence-corrected chi connectivity index (χ1v) is 13.5. The van der Waals surface area contributed by atoms with Gasteiger partial charge < -0.3 is 9.59 Å². The molecule has 1 aromatic carbocycles. The lowest BCUT2D eigenvalue weighted by atomic mass is 10.1. The van der Waals surface area contributed by atoms with Gasteiger partial charge in [-0.15, -0.1) is 0 Å². The van der Waals surface area contributed by atoms with E-state index < -0.39 is 10.4 Å². The topological polar surface area (TPSA) is 94.8 Å². The molecule has 1 rings (SSSR count). The van der Waals surface area contributed by atoms with Gasteiger partial charge in [-0.1, -0.05) is 65.5 Å². The Bertz CT molecular complexity index is 559. The van der Waals surface area contributed by atoms with Crippen molar-refractivity contribution in [2.45, 2.75) is 79.1 Å². The van der Waals surface area contributed by atoms with Crippen LogP contribution in [-0.4, -0.2) is 53.3 Å². The molecule has 0 saturated heterocycles. The number of hydrogen-bond acceptors (Lipinski definition) is 3. The number of aromatic hydroxyl groups is 1. The lowest BCUT2D eigenvalue weighted by molar-refractivity contribution is -0.929. The number of rotatable bonds is 12. The molecule has 0 bridgehead atoms. The zero-order chi connectivity index (χ0) is 23.5. The van der Waals surface area contributed by atoms with Crippen molar-refractivity contribution in [2.75, 3.05) is 26.2 Å². The highest BCUT2D eigenvalue weighted by molar-refractivity contribution is 14.1. The van der Waals surface area contributed by atoms with Gasteiger partial charge in [-0.2, -0.15) is 8.42 Å². The third-order valence-electron chi connectivity index (χ3n) is 4.80. The molecular weight excluding hydrogens is 517 g/mol. The van der Waals surface area contributed by atoms with Crippen molar-refractivity contribution in [2.24, 2.45) is 0 Å². The van der Waals surface area contributed by atoms with Gasteiger partial charge in [-0.3, -0.25) is 9.11 Å². The van der Waals surface area contributed by atoms with E-state index in [1.54, 1.807) is 12.1 Å². The molecule has 1 aromatic rings. The summed E-state index contributed by atoms with van der Waals surface area (Å²) in [5.74, 6) is 0.355. The van der Waals surface area contributed by atoms with Crippen LogP contribution in [0.5, 0.6) is 5.75 Å². The summed E-state index contributed by atoms with van der Waals surface area (Å²) in [4.78, 5) is 0. The summed E-state index contributed by atoms with van der Waals surface area (Å²) in [5, 5.41) is 8.91. The third kappa shape index (κ3) is 20.8. The summed E-state index contributed by atoms with van der Waals surface area (Å²) in [6.45, 7) is 15.0. The van der Waals surface area contributed by atoms with Gasteiger partial charge in [0.15, 0.2) is 0 Å². The average molecular weight is 561 g/mol. The Morgan fingerprint density at radius 1 is 0.767 bits per heavy atom. The Kier molecular flexibility index (Phi) is 20.4. The maximum absolute atomic E-state index is 8.91. The highest BCUT2D eigenvalue weighted by Gasteiger charge is 2.24. The summed E-state index contributed by atoms with van der Waals surface area (Å²) in [7, 11) is -4.67. The van der Waals surface area contributed by atoms with Crippen LogP contribution >= 0.6 is 22.6 Å². The number of hydrogen-bond donors (Lipinski definition) is 3. The van der Waals surface area contributed by atoms with Crippen LogP contribution in [0.2, 0.25) is 0 Å². The van der Waals surface area contributed by atoms with Crippen LogP contribution in [0, 0.1) is 3.57 Å². The van der Waals surface area contributed by atoms with E-state index in [2.05, 4.69) is 50.3 Å². The number of halogens is 1. The molecule has 0 spiro atoms. The van der Waals surface area contributed by atoms with Gasteiger partial charge in [0, 0.05) is 0 Å². The lowest BCUT2D eigenvalue weighted by Crippen LogP contribution is -2.50. The van der Waals surface area contributed by atoms with E-state index in [9.17, 15) is 0 Å². The molecule has 0 fully saturated rings. The molecule has 0 unspecified atom stereocenters. The Balaban J connectivity index is 0. The van der Waals surface area contributed by atoms with Crippen molar-refractivity contribution in [3.8, 4) is 5.75 Å². The summed E-state index contributed by atoms with van der Waals surface area (Å²) in [5.41, 5.74) is 0. The second kappa shape index (κ2) is 19.3. The predicted octanol–water partition coefficient (Wildman–Crippen LogP) is 6.35. The summed E-state index contributed by atoms with van der Waals surface area (Å²) in [6, 6.07) is 7.22. The number of para-hydroxylation sites is 1. The van der Waals surface area contributed by atoms with E-state index in [1.807, 2.05) is 12.1 Å². The van der Waals surface area contributed by atoms with Gasteiger partial charge in [0.05, 0.1) is 29.7 Å². The van der Waals surface area contributed by atoms with Crippen LogP contribution in [0.25, 0.3) is 0 Å². The summed E-state index contributed by atoms with van der Waals surface area (Å²) in [6.07, 6.45) is 11.1. The van der Waals surface area contributed by atoms with Gasteiger partial charge in [0.2, 0.25) is 0 Å². The first-order chi connectivity index (χ1) is 14.0. The molecule has 0 aliphatic heterocycles. The fraction of sp³-hybridized carbons (Fsp3) is 0.727. The average Bonchev–Trinajstić information content (AvgIpc) is 2.68. The third-order valence-corrected chi connectivity index (χ3v) is 5.71. The Morgan fingerprint density at radius 2 is 1.07 bits per heavy atom. The van der Waals surface area contributed by atoms with E-state index in [1.165, 1.54) is 82.0 Å².